The molecular weight excluding hydrogens is 230 g/mol. The van der Waals surface area contributed by atoms with Gasteiger partial charge in [-0.15, -0.1) is 0 Å². The summed E-state index contributed by atoms with van der Waals surface area (Å²) in [6, 6.07) is 2.93. The number of pyridine rings is 1. The first-order valence-corrected chi connectivity index (χ1v) is 7.58. The molecule has 1 aliphatic carbocycles. The molecule has 4 heteroatoms. The van der Waals surface area contributed by atoms with Crippen molar-refractivity contribution in [2.75, 3.05) is 29.5 Å². The Morgan fingerprint density at radius 2 is 2.18 bits per heavy atom. The van der Waals surface area contributed by atoms with Crippen LogP contribution in [0.4, 0.5) is 5.69 Å². The molecule has 0 radical (unpaired) electrons. The first-order chi connectivity index (χ1) is 8.43. The summed E-state index contributed by atoms with van der Waals surface area (Å²) in [5.74, 6) is 2.50. The van der Waals surface area contributed by atoms with Gasteiger partial charge in [0.05, 0.1) is 0 Å². The van der Waals surface area contributed by atoms with Crippen LogP contribution < -0.4 is 10.2 Å². The highest BCUT2D eigenvalue weighted by atomic mass is 32.2. The zero-order valence-corrected chi connectivity index (χ0v) is 10.9. The van der Waals surface area contributed by atoms with Crippen LogP contribution in [0.15, 0.2) is 18.5 Å². The van der Waals surface area contributed by atoms with Crippen molar-refractivity contribution in [2.45, 2.75) is 25.4 Å². The number of nitrogens with one attached hydrogen (secondary N) is 1. The van der Waals surface area contributed by atoms with Gasteiger partial charge in [0.2, 0.25) is 0 Å². The van der Waals surface area contributed by atoms with Crippen LogP contribution in [-0.2, 0) is 6.54 Å². The zero-order chi connectivity index (χ0) is 11.5. The van der Waals surface area contributed by atoms with Crippen molar-refractivity contribution in [3.05, 3.63) is 24.0 Å². The fourth-order valence-corrected chi connectivity index (χ4v) is 3.11. The molecule has 1 N–H and O–H groups in total. The number of hydrogen-bond acceptors (Lipinski definition) is 4. The van der Waals surface area contributed by atoms with E-state index in [-0.39, 0.29) is 0 Å². The van der Waals surface area contributed by atoms with Gasteiger partial charge in [-0.25, -0.2) is 0 Å². The lowest BCUT2D eigenvalue weighted by molar-refractivity contribution is 0.682. The van der Waals surface area contributed by atoms with Gasteiger partial charge in [-0.3, -0.25) is 4.98 Å². The van der Waals surface area contributed by atoms with Gasteiger partial charge in [0.25, 0.3) is 0 Å². The molecule has 3 nitrogen and oxygen atoms in total. The van der Waals surface area contributed by atoms with Crippen LogP contribution in [-0.4, -0.2) is 35.6 Å². The minimum absolute atomic E-state index is 0.764. The standard InChI is InChI=1S/C13H19N3S/c1-2-12(1)15-10-11-9-14-4-3-13(11)16-5-7-17-8-6-16/h3-4,9,12,15H,1-2,5-8,10H2. The van der Waals surface area contributed by atoms with Gasteiger partial charge < -0.3 is 10.2 Å². The van der Waals surface area contributed by atoms with E-state index in [1.165, 1.54) is 48.7 Å². The minimum Gasteiger partial charge on any atom is -0.370 e. The monoisotopic (exact) mass is 249 g/mol. The molecule has 2 heterocycles. The van der Waals surface area contributed by atoms with Gasteiger partial charge in [0.1, 0.15) is 0 Å². The van der Waals surface area contributed by atoms with Gasteiger partial charge in [-0.1, -0.05) is 0 Å². The molecule has 2 fully saturated rings. The summed E-state index contributed by atoms with van der Waals surface area (Å²) in [5.41, 5.74) is 2.74. The van der Waals surface area contributed by atoms with Gasteiger partial charge in [-0.2, -0.15) is 11.8 Å². The van der Waals surface area contributed by atoms with Crippen molar-refractivity contribution in [3.63, 3.8) is 0 Å². The zero-order valence-electron chi connectivity index (χ0n) is 10.1. The summed E-state index contributed by atoms with van der Waals surface area (Å²) >= 11 is 2.05. The summed E-state index contributed by atoms with van der Waals surface area (Å²) < 4.78 is 0. The molecule has 17 heavy (non-hydrogen) atoms. The third kappa shape index (κ3) is 2.93. The van der Waals surface area contributed by atoms with Crippen LogP contribution in [0.2, 0.25) is 0 Å². The Morgan fingerprint density at radius 3 is 2.94 bits per heavy atom. The van der Waals surface area contributed by atoms with Crippen molar-refractivity contribution in [1.82, 2.24) is 10.3 Å². The Hall–Kier alpha value is -0.740. The van der Waals surface area contributed by atoms with Crippen molar-refractivity contribution in [2.24, 2.45) is 0 Å². The lowest BCUT2D eigenvalue weighted by atomic mass is 10.2. The van der Waals surface area contributed by atoms with Crippen molar-refractivity contribution < 1.29 is 0 Å². The molecule has 0 atom stereocenters. The number of anilines is 1. The van der Waals surface area contributed by atoms with Crippen LogP contribution in [0.5, 0.6) is 0 Å². The molecule has 0 aromatic carbocycles. The fraction of sp³-hybridized carbons (Fsp3) is 0.615. The summed E-state index contributed by atoms with van der Waals surface area (Å²) in [7, 11) is 0. The minimum atomic E-state index is 0.764. The third-order valence-electron chi connectivity index (χ3n) is 3.39. The average Bonchev–Trinajstić information content (AvgIpc) is 3.22. The topological polar surface area (TPSA) is 28.2 Å². The Bertz CT molecular complexity index is 373. The van der Waals surface area contributed by atoms with E-state index in [1.807, 2.05) is 12.4 Å². The van der Waals surface area contributed by atoms with E-state index in [4.69, 9.17) is 0 Å². The summed E-state index contributed by atoms with van der Waals surface area (Å²) in [5, 5.41) is 3.58. The average molecular weight is 249 g/mol. The van der Waals surface area contributed by atoms with E-state index in [9.17, 15) is 0 Å². The smallest absolute Gasteiger partial charge is 0.0443 e. The molecule has 3 rings (SSSR count). The summed E-state index contributed by atoms with van der Waals surface area (Å²) in [4.78, 5) is 6.77. The molecule has 1 aromatic heterocycles. The second kappa shape index (κ2) is 5.27. The van der Waals surface area contributed by atoms with E-state index in [0.29, 0.717) is 0 Å². The number of hydrogen-bond donors (Lipinski definition) is 1. The molecule has 92 valence electrons. The largest absolute Gasteiger partial charge is 0.370 e. The van der Waals surface area contributed by atoms with E-state index in [1.54, 1.807) is 0 Å². The van der Waals surface area contributed by atoms with Crippen LogP contribution in [0, 0.1) is 0 Å². The normalized spacial score (nSPS) is 20.6. The first kappa shape index (κ1) is 11.4. The van der Waals surface area contributed by atoms with Crippen molar-refractivity contribution in [3.8, 4) is 0 Å². The molecular formula is C13H19N3S. The van der Waals surface area contributed by atoms with Crippen LogP contribution >= 0.6 is 11.8 Å². The molecule has 1 saturated heterocycles. The highest BCUT2D eigenvalue weighted by Gasteiger charge is 2.21. The van der Waals surface area contributed by atoms with Crippen LogP contribution in [0.1, 0.15) is 18.4 Å². The highest BCUT2D eigenvalue weighted by Crippen LogP contribution is 2.24. The maximum Gasteiger partial charge on any atom is 0.0443 e. The Labute approximate surface area is 107 Å². The van der Waals surface area contributed by atoms with Gasteiger partial charge >= 0.3 is 0 Å². The van der Waals surface area contributed by atoms with Crippen molar-refractivity contribution in [1.29, 1.82) is 0 Å². The number of nitrogens with zero attached hydrogens (tertiary/aromatic N) is 2. The lowest BCUT2D eigenvalue weighted by Gasteiger charge is -2.30. The predicted molar refractivity (Wildman–Crippen MR) is 73.6 cm³/mol. The quantitative estimate of drug-likeness (QED) is 0.882. The van der Waals surface area contributed by atoms with Crippen LogP contribution in [0.25, 0.3) is 0 Å². The molecule has 1 saturated carbocycles. The summed E-state index contributed by atoms with van der Waals surface area (Å²) in [6.45, 7) is 3.31. The first-order valence-electron chi connectivity index (χ1n) is 6.42. The van der Waals surface area contributed by atoms with Gasteiger partial charge in [-0.05, 0) is 18.9 Å². The molecule has 0 bridgehead atoms. The lowest BCUT2D eigenvalue weighted by Crippen LogP contribution is -2.33. The Kier molecular flexibility index (Phi) is 3.52. The van der Waals surface area contributed by atoms with E-state index >= 15 is 0 Å². The second-order valence-corrected chi connectivity index (χ2v) is 5.98. The molecule has 1 aromatic rings. The number of rotatable bonds is 4. The summed E-state index contributed by atoms with van der Waals surface area (Å²) in [6.07, 6.45) is 6.62. The van der Waals surface area contributed by atoms with E-state index < -0.39 is 0 Å². The third-order valence-corrected chi connectivity index (χ3v) is 4.33. The van der Waals surface area contributed by atoms with Crippen LogP contribution in [0.3, 0.4) is 0 Å². The molecule has 0 amide bonds. The molecule has 2 aliphatic rings. The molecule has 0 unspecified atom stereocenters. The number of aromatic nitrogens is 1. The van der Waals surface area contributed by atoms with E-state index in [0.717, 1.165) is 12.6 Å². The molecule has 0 spiro atoms. The van der Waals surface area contributed by atoms with Gasteiger partial charge in [0, 0.05) is 60.8 Å². The van der Waals surface area contributed by atoms with Gasteiger partial charge in [0.15, 0.2) is 0 Å². The maximum atomic E-state index is 4.27. The maximum absolute atomic E-state index is 4.27. The number of thioether (sulfide) groups is 1. The Morgan fingerprint density at radius 1 is 1.35 bits per heavy atom. The SMILES string of the molecule is c1cc(N2CCSCC2)c(CNC2CC2)cn1. The second-order valence-electron chi connectivity index (χ2n) is 4.76. The van der Waals surface area contributed by atoms with E-state index in [2.05, 4.69) is 33.0 Å². The van der Waals surface area contributed by atoms with Crippen molar-refractivity contribution >= 4 is 17.4 Å². The Balaban J connectivity index is 1.71. The molecule has 1 aliphatic heterocycles. The fourth-order valence-electron chi connectivity index (χ4n) is 2.21. The predicted octanol–water partition coefficient (Wildman–Crippen LogP) is 1.89. The highest BCUT2D eigenvalue weighted by molar-refractivity contribution is 7.99.